The van der Waals surface area contributed by atoms with Crippen molar-refractivity contribution in [2.75, 3.05) is 27.3 Å². The molecule has 10 nitrogen and oxygen atoms in total. The minimum atomic E-state index is -0.300. The normalized spacial score (nSPS) is 13.6. The summed E-state index contributed by atoms with van der Waals surface area (Å²) in [4.78, 5) is 46.1. The number of nitrogens with one attached hydrogen (secondary N) is 2. The molecule has 0 radical (unpaired) electrons. The lowest BCUT2D eigenvalue weighted by molar-refractivity contribution is -0.128. The molecule has 0 aliphatic carbocycles. The van der Waals surface area contributed by atoms with E-state index in [2.05, 4.69) is 20.7 Å². The number of pyridine rings is 2. The molecule has 0 saturated carbocycles. The lowest BCUT2D eigenvalue weighted by Gasteiger charge is -2.31. The van der Waals surface area contributed by atoms with Crippen LogP contribution in [-0.2, 0) is 16.1 Å². The molecular formula is C35H35Cl2N5O5. The molecule has 0 unspecified atom stereocenters. The van der Waals surface area contributed by atoms with Gasteiger partial charge in [0.2, 0.25) is 17.7 Å². The Morgan fingerprint density at radius 1 is 0.957 bits per heavy atom. The van der Waals surface area contributed by atoms with Gasteiger partial charge in [-0.15, -0.1) is 0 Å². The summed E-state index contributed by atoms with van der Waals surface area (Å²) < 4.78 is 11.1. The van der Waals surface area contributed by atoms with Crippen LogP contribution >= 0.6 is 23.2 Å². The Balaban J connectivity index is 1.33. The van der Waals surface area contributed by atoms with Gasteiger partial charge in [0.25, 0.3) is 0 Å². The third-order valence-electron chi connectivity index (χ3n) is 8.17. The van der Waals surface area contributed by atoms with Crippen molar-refractivity contribution in [2.24, 2.45) is 5.92 Å². The largest absolute Gasteiger partial charge is 0.496 e. The maximum Gasteiger partial charge on any atom is 0.238 e. The molecule has 2 N–H and O–H groups in total. The molecule has 4 aromatic rings. The van der Waals surface area contributed by atoms with E-state index in [9.17, 15) is 14.4 Å². The number of likely N-dealkylation sites (tertiary alicyclic amines) is 1. The molecule has 0 atom stereocenters. The van der Waals surface area contributed by atoms with Crippen LogP contribution in [0.5, 0.6) is 11.6 Å². The van der Waals surface area contributed by atoms with Crippen LogP contribution in [0.2, 0.25) is 10.0 Å². The lowest BCUT2D eigenvalue weighted by atomic mass is 9.93. The monoisotopic (exact) mass is 675 g/mol. The molecule has 1 aliphatic rings. The Morgan fingerprint density at radius 2 is 1.70 bits per heavy atom. The molecule has 1 aliphatic heterocycles. The lowest BCUT2D eigenvalue weighted by Crippen LogP contribution is -2.42. The Morgan fingerprint density at radius 3 is 2.40 bits per heavy atom. The Bertz CT molecular complexity index is 1790. The predicted octanol–water partition coefficient (Wildman–Crippen LogP) is 6.38. The van der Waals surface area contributed by atoms with Gasteiger partial charge in [-0.2, -0.15) is 0 Å². The van der Waals surface area contributed by atoms with Crippen molar-refractivity contribution in [1.29, 1.82) is 0 Å². The summed E-state index contributed by atoms with van der Waals surface area (Å²) in [6.07, 6.45) is 4.53. The molecular weight excluding hydrogens is 641 g/mol. The van der Waals surface area contributed by atoms with Gasteiger partial charge in [-0.05, 0) is 56.1 Å². The third kappa shape index (κ3) is 7.90. The van der Waals surface area contributed by atoms with Gasteiger partial charge in [-0.25, -0.2) is 4.98 Å². The number of hydrogen-bond acceptors (Lipinski definition) is 8. The number of amides is 2. The zero-order valence-electron chi connectivity index (χ0n) is 26.3. The number of ether oxygens (including phenoxy) is 2. The maximum atomic E-state index is 12.1. The average Bonchev–Trinajstić information content (AvgIpc) is 3.08. The Kier molecular flexibility index (Phi) is 11.1. The summed E-state index contributed by atoms with van der Waals surface area (Å²) in [5.74, 6) is 0.717. The summed E-state index contributed by atoms with van der Waals surface area (Å²) in [5.41, 5.74) is 10.2. The Hall–Kier alpha value is -4.51. The predicted molar refractivity (Wildman–Crippen MR) is 181 cm³/mol. The molecule has 2 aromatic carbocycles. The molecule has 1 saturated heterocycles. The summed E-state index contributed by atoms with van der Waals surface area (Å²) in [6, 6.07) is 16.6. The average molecular weight is 677 g/mol. The number of aromatic nitrogens is 2. The number of hydrogen-bond donors (Lipinski definition) is 2. The number of rotatable bonds is 10. The number of aldehydes is 1. The quantitative estimate of drug-likeness (QED) is 0.147. The first-order valence-corrected chi connectivity index (χ1v) is 15.9. The third-order valence-corrected chi connectivity index (χ3v) is 8.96. The Labute approximate surface area is 283 Å². The fourth-order valence-corrected chi connectivity index (χ4v) is 6.37. The van der Waals surface area contributed by atoms with E-state index in [0.29, 0.717) is 68.3 Å². The maximum absolute atomic E-state index is 12.1. The number of carbonyl (C=O) groups is 3. The van der Waals surface area contributed by atoms with Gasteiger partial charge in [-0.3, -0.25) is 35.1 Å². The minimum Gasteiger partial charge on any atom is -0.496 e. The molecule has 47 heavy (non-hydrogen) atoms. The van der Waals surface area contributed by atoms with Gasteiger partial charge >= 0.3 is 0 Å². The summed E-state index contributed by atoms with van der Waals surface area (Å²) >= 11 is 14.0. The minimum absolute atomic E-state index is 0.180. The topological polar surface area (TPSA) is 123 Å². The zero-order valence-corrected chi connectivity index (χ0v) is 27.8. The smallest absolute Gasteiger partial charge is 0.238 e. The van der Waals surface area contributed by atoms with Gasteiger partial charge in [0.1, 0.15) is 5.75 Å². The molecule has 1 fully saturated rings. The highest BCUT2D eigenvalue weighted by Gasteiger charge is 2.23. The summed E-state index contributed by atoms with van der Waals surface area (Å²) in [5, 5.41) is 0.887. The second-order valence-corrected chi connectivity index (χ2v) is 12.0. The first-order valence-electron chi connectivity index (χ1n) is 15.1. The number of carbonyl (C=O) groups excluding carboxylic acids is 3. The van der Waals surface area contributed by atoms with E-state index < -0.39 is 0 Å². The van der Waals surface area contributed by atoms with Crippen LogP contribution in [0.1, 0.15) is 42.1 Å². The number of hydrazine groups is 1. The van der Waals surface area contributed by atoms with Crippen molar-refractivity contribution in [2.45, 2.75) is 32.7 Å². The molecule has 2 aromatic heterocycles. The van der Waals surface area contributed by atoms with E-state index in [1.54, 1.807) is 31.5 Å². The standard InChI is InChI=1S/C35H35Cl2N5O5/c1-21(44)40-41-31(45)17-22-12-15-42(16-13-22)19-24-9-10-29(39-35(24)47-3)28-6-4-5-26(32(28)36)27-11-14-38-34(33(27)37)23-7-8-25(20-43)30(18-23)46-2/h4-11,14,18,20,22H,12-13,15-17,19H2,1-3H3,(H,40,44)(H,41,45). The fourth-order valence-electron chi connectivity index (χ4n) is 5.72. The second kappa shape index (κ2) is 15.4. The first kappa shape index (κ1) is 33.8. The van der Waals surface area contributed by atoms with Crippen LogP contribution in [0.25, 0.3) is 33.6 Å². The first-order chi connectivity index (χ1) is 22.7. The number of benzene rings is 2. The highest BCUT2D eigenvalue weighted by molar-refractivity contribution is 6.39. The van der Waals surface area contributed by atoms with E-state index in [0.717, 1.165) is 43.3 Å². The number of piperidine rings is 1. The molecule has 5 rings (SSSR count). The van der Waals surface area contributed by atoms with E-state index in [4.69, 9.17) is 37.7 Å². The SMILES string of the molecule is COc1cc(-c2nccc(-c3cccc(-c4ccc(CN5CCC(CC(=O)NNC(C)=O)CC5)c(OC)n4)c3Cl)c2Cl)ccc1C=O. The molecule has 3 heterocycles. The van der Waals surface area contributed by atoms with Crippen LogP contribution in [-0.4, -0.2) is 60.3 Å². The van der Waals surface area contributed by atoms with Gasteiger partial charge in [0.15, 0.2) is 6.29 Å². The molecule has 244 valence electrons. The van der Waals surface area contributed by atoms with Gasteiger partial charge in [-0.1, -0.05) is 53.5 Å². The van der Waals surface area contributed by atoms with Crippen LogP contribution in [0, 0.1) is 5.92 Å². The van der Waals surface area contributed by atoms with Crippen LogP contribution in [0.4, 0.5) is 0 Å². The van der Waals surface area contributed by atoms with Crippen molar-refractivity contribution in [3.05, 3.63) is 82.0 Å². The molecule has 12 heteroatoms. The van der Waals surface area contributed by atoms with Crippen LogP contribution in [0.3, 0.4) is 0 Å². The van der Waals surface area contributed by atoms with Gasteiger partial charge in [0.05, 0.1) is 41.2 Å². The number of methoxy groups -OCH3 is 2. The van der Waals surface area contributed by atoms with Crippen molar-refractivity contribution in [1.82, 2.24) is 25.7 Å². The van der Waals surface area contributed by atoms with Crippen LogP contribution in [0.15, 0.2) is 60.8 Å². The zero-order chi connectivity index (χ0) is 33.5. The molecule has 0 spiro atoms. The van der Waals surface area contributed by atoms with Crippen molar-refractivity contribution < 1.29 is 23.9 Å². The second-order valence-electron chi connectivity index (χ2n) is 11.3. The van der Waals surface area contributed by atoms with Crippen molar-refractivity contribution in [3.63, 3.8) is 0 Å². The van der Waals surface area contributed by atoms with Gasteiger partial charge < -0.3 is 9.47 Å². The highest BCUT2D eigenvalue weighted by Crippen LogP contribution is 2.42. The van der Waals surface area contributed by atoms with E-state index >= 15 is 0 Å². The van der Waals surface area contributed by atoms with E-state index in [1.807, 2.05) is 36.4 Å². The van der Waals surface area contributed by atoms with Crippen molar-refractivity contribution in [3.8, 4) is 45.3 Å². The summed E-state index contributed by atoms with van der Waals surface area (Å²) in [7, 11) is 3.10. The van der Waals surface area contributed by atoms with E-state index in [-0.39, 0.29) is 17.7 Å². The number of nitrogens with zero attached hydrogens (tertiary/aromatic N) is 3. The number of halogens is 2. The molecule has 0 bridgehead atoms. The van der Waals surface area contributed by atoms with Crippen LogP contribution < -0.4 is 20.3 Å². The van der Waals surface area contributed by atoms with Crippen molar-refractivity contribution >= 4 is 41.3 Å². The molecule has 2 amide bonds. The fraction of sp³-hybridized carbons (Fsp3) is 0.286. The van der Waals surface area contributed by atoms with E-state index in [1.165, 1.54) is 14.0 Å². The summed E-state index contributed by atoms with van der Waals surface area (Å²) in [6.45, 7) is 3.67. The highest BCUT2D eigenvalue weighted by atomic mass is 35.5. The van der Waals surface area contributed by atoms with Gasteiger partial charge in [0, 0.05) is 53.9 Å².